The summed E-state index contributed by atoms with van der Waals surface area (Å²) in [6.07, 6.45) is 0.792. The van der Waals surface area contributed by atoms with Crippen LogP contribution in [0.4, 0.5) is 13.2 Å². The maximum atomic E-state index is 12.3. The summed E-state index contributed by atoms with van der Waals surface area (Å²) in [6.45, 7) is 2.20. The molecule has 0 heterocycles. The number of halogens is 3. The van der Waals surface area contributed by atoms with Crippen molar-refractivity contribution >= 4 is 0 Å². The first-order valence-corrected chi connectivity index (χ1v) is 11.0. The van der Waals surface area contributed by atoms with Gasteiger partial charge in [-0.25, -0.2) is 0 Å². The van der Waals surface area contributed by atoms with Crippen LogP contribution in [0.25, 0.3) is 0 Å². The highest BCUT2D eigenvalue weighted by molar-refractivity contribution is 5.47. The second-order valence-electron chi connectivity index (χ2n) is 8.24. The van der Waals surface area contributed by atoms with Gasteiger partial charge in [0, 0.05) is 11.1 Å². The first-order chi connectivity index (χ1) is 15.4. The summed E-state index contributed by atoms with van der Waals surface area (Å²) in [5.74, 6) is 6.45. The van der Waals surface area contributed by atoms with Gasteiger partial charge in [0.05, 0.1) is 0 Å². The summed E-state index contributed by atoms with van der Waals surface area (Å²) in [4.78, 5) is 0. The van der Waals surface area contributed by atoms with E-state index in [2.05, 4.69) is 59.9 Å². The number of hydrogen-bond donors (Lipinski definition) is 0. The second kappa shape index (κ2) is 9.53. The van der Waals surface area contributed by atoms with Gasteiger partial charge < -0.3 is 4.74 Å². The third-order valence-electron chi connectivity index (χ3n) is 5.86. The number of ether oxygens (including phenoxy) is 1. The number of rotatable bonds is 4. The van der Waals surface area contributed by atoms with E-state index >= 15 is 0 Å². The fourth-order valence-electron chi connectivity index (χ4n) is 4.25. The monoisotopic (exact) mass is 434 g/mol. The molecule has 0 fully saturated rings. The molecule has 0 saturated heterocycles. The summed E-state index contributed by atoms with van der Waals surface area (Å²) in [5, 5.41) is 0. The molecule has 0 N–H and O–H groups in total. The van der Waals surface area contributed by atoms with Crippen LogP contribution in [-0.4, -0.2) is 6.36 Å². The van der Waals surface area contributed by atoms with Gasteiger partial charge in [0.2, 0.25) is 0 Å². The second-order valence-corrected chi connectivity index (χ2v) is 8.24. The molecule has 1 unspecified atom stereocenters. The number of benzene rings is 3. The molecular weight excluding hydrogens is 409 g/mol. The fraction of sp³-hybridized carbons (Fsp3) is 0.286. The molecule has 1 aliphatic carbocycles. The highest BCUT2D eigenvalue weighted by Gasteiger charge is 2.30. The van der Waals surface area contributed by atoms with Crippen LogP contribution in [-0.2, 0) is 19.3 Å². The molecule has 0 saturated carbocycles. The Morgan fingerprint density at radius 1 is 0.875 bits per heavy atom. The lowest BCUT2D eigenvalue weighted by Gasteiger charge is -2.25. The molecule has 0 aromatic heterocycles. The normalized spacial score (nSPS) is 15.4. The predicted molar refractivity (Wildman–Crippen MR) is 121 cm³/mol. The van der Waals surface area contributed by atoms with Crippen molar-refractivity contribution in [3.63, 3.8) is 0 Å². The molecule has 1 nitrogen and oxygen atoms in total. The average molecular weight is 435 g/mol. The lowest BCUT2D eigenvalue weighted by atomic mass is 9.79. The molecule has 3 aromatic rings. The Morgan fingerprint density at radius 2 is 1.56 bits per heavy atom. The Morgan fingerprint density at radius 3 is 2.25 bits per heavy atom. The number of aryl methyl sites for hydroxylation is 2. The molecule has 164 valence electrons. The van der Waals surface area contributed by atoms with Crippen LogP contribution in [0, 0.1) is 11.8 Å². The summed E-state index contributed by atoms with van der Waals surface area (Å²) in [5.41, 5.74) is 7.09. The maximum Gasteiger partial charge on any atom is 0.573 e. The molecule has 0 aliphatic heterocycles. The highest BCUT2D eigenvalue weighted by Crippen LogP contribution is 2.33. The van der Waals surface area contributed by atoms with E-state index in [0.717, 1.165) is 31.2 Å². The molecule has 0 radical (unpaired) electrons. The molecule has 1 aliphatic rings. The van der Waals surface area contributed by atoms with E-state index in [-0.39, 0.29) is 5.75 Å². The maximum absolute atomic E-state index is 12.3. The van der Waals surface area contributed by atoms with Crippen molar-refractivity contribution in [2.45, 2.75) is 51.3 Å². The van der Waals surface area contributed by atoms with Crippen LogP contribution in [0.1, 0.15) is 59.1 Å². The lowest BCUT2D eigenvalue weighted by molar-refractivity contribution is -0.274. The van der Waals surface area contributed by atoms with E-state index in [1.54, 1.807) is 0 Å². The predicted octanol–water partition coefficient (Wildman–Crippen LogP) is 7.21. The Labute approximate surface area is 187 Å². The number of alkyl halides is 3. The molecule has 0 spiro atoms. The van der Waals surface area contributed by atoms with Crippen LogP contribution in [0.2, 0.25) is 0 Å². The third-order valence-corrected chi connectivity index (χ3v) is 5.86. The van der Waals surface area contributed by atoms with Gasteiger partial charge in [-0.2, -0.15) is 0 Å². The van der Waals surface area contributed by atoms with Gasteiger partial charge in [0.15, 0.2) is 0 Å². The molecule has 4 rings (SSSR count). The van der Waals surface area contributed by atoms with Gasteiger partial charge in [-0.3, -0.25) is 0 Å². The van der Waals surface area contributed by atoms with Gasteiger partial charge in [-0.05, 0) is 90.3 Å². The molecule has 32 heavy (non-hydrogen) atoms. The molecule has 0 bridgehead atoms. The zero-order valence-electron chi connectivity index (χ0n) is 18.0. The Bertz CT molecular complexity index is 1120. The number of fused-ring (bicyclic) bond motifs is 1. The van der Waals surface area contributed by atoms with E-state index in [9.17, 15) is 13.2 Å². The molecule has 1 atom stereocenters. The minimum atomic E-state index is -4.69. The Hall–Kier alpha value is -3.19. The largest absolute Gasteiger partial charge is 0.573 e. The zero-order valence-corrected chi connectivity index (χ0v) is 18.0. The minimum Gasteiger partial charge on any atom is -0.406 e. The fourth-order valence-corrected chi connectivity index (χ4v) is 4.25. The van der Waals surface area contributed by atoms with Gasteiger partial charge in [-0.1, -0.05) is 55.5 Å². The average Bonchev–Trinajstić information content (AvgIpc) is 2.78. The highest BCUT2D eigenvalue weighted by atomic mass is 19.4. The van der Waals surface area contributed by atoms with Crippen molar-refractivity contribution in [3.05, 3.63) is 100 Å². The quantitative estimate of drug-likeness (QED) is 0.394. The van der Waals surface area contributed by atoms with E-state index in [1.807, 2.05) is 6.07 Å². The SMILES string of the molecule is CCCc1ccc(C2CCc3cc(C#Cc4ccc(OC(F)(F)F)cc4)ccc3C2)cc1. The first-order valence-electron chi connectivity index (χ1n) is 11.0. The topological polar surface area (TPSA) is 9.23 Å². The van der Waals surface area contributed by atoms with Crippen LogP contribution >= 0.6 is 0 Å². The summed E-state index contributed by atoms with van der Waals surface area (Å²) < 4.78 is 40.7. The molecular formula is C28H25F3O. The zero-order chi connectivity index (χ0) is 22.6. The van der Waals surface area contributed by atoms with Gasteiger partial charge in [-0.15, -0.1) is 13.2 Å². The van der Waals surface area contributed by atoms with Gasteiger partial charge in [0.25, 0.3) is 0 Å². The first kappa shape index (κ1) is 22.0. The lowest BCUT2D eigenvalue weighted by Crippen LogP contribution is -2.16. The summed E-state index contributed by atoms with van der Waals surface area (Å²) in [7, 11) is 0. The van der Waals surface area contributed by atoms with Crippen molar-refractivity contribution in [2.24, 2.45) is 0 Å². The van der Waals surface area contributed by atoms with Crippen molar-refractivity contribution in [2.75, 3.05) is 0 Å². The molecule has 3 aromatic carbocycles. The third kappa shape index (κ3) is 5.73. The van der Waals surface area contributed by atoms with Crippen LogP contribution in [0.3, 0.4) is 0 Å². The smallest absolute Gasteiger partial charge is 0.406 e. The Balaban J connectivity index is 1.42. The van der Waals surface area contributed by atoms with Gasteiger partial charge >= 0.3 is 6.36 Å². The Kier molecular flexibility index (Phi) is 6.55. The summed E-state index contributed by atoms with van der Waals surface area (Å²) in [6, 6.07) is 21.0. The van der Waals surface area contributed by atoms with E-state index in [0.29, 0.717) is 11.5 Å². The number of hydrogen-bond acceptors (Lipinski definition) is 1. The summed E-state index contributed by atoms with van der Waals surface area (Å²) >= 11 is 0. The standard InChI is InChI=1S/C28H25F3O/c1-2-3-20-6-11-23(12-7-20)25-15-14-24-18-22(8-13-26(24)19-25)5-4-21-9-16-27(17-10-21)32-28(29,30)31/h6-13,16-18,25H,2-3,14-15,19H2,1H3. The van der Waals surface area contributed by atoms with Gasteiger partial charge in [0.1, 0.15) is 5.75 Å². The van der Waals surface area contributed by atoms with Crippen molar-refractivity contribution in [1.82, 2.24) is 0 Å². The van der Waals surface area contributed by atoms with Crippen LogP contribution < -0.4 is 4.74 Å². The van der Waals surface area contributed by atoms with E-state index < -0.39 is 6.36 Å². The minimum absolute atomic E-state index is 0.244. The van der Waals surface area contributed by atoms with E-state index in [1.165, 1.54) is 52.9 Å². The van der Waals surface area contributed by atoms with Crippen molar-refractivity contribution in [1.29, 1.82) is 0 Å². The van der Waals surface area contributed by atoms with E-state index in [4.69, 9.17) is 0 Å². The van der Waals surface area contributed by atoms with Crippen molar-refractivity contribution < 1.29 is 17.9 Å². The van der Waals surface area contributed by atoms with Crippen LogP contribution in [0.15, 0.2) is 66.7 Å². The van der Waals surface area contributed by atoms with Crippen molar-refractivity contribution in [3.8, 4) is 17.6 Å². The van der Waals surface area contributed by atoms with Crippen LogP contribution in [0.5, 0.6) is 5.75 Å². The molecule has 0 amide bonds. The molecule has 4 heteroatoms.